The van der Waals surface area contributed by atoms with Gasteiger partial charge in [-0.25, -0.2) is 0 Å². The van der Waals surface area contributed by atoms with Crippen LogP contribution in [0.4, 0.5) is 0 Å². The Morgan fingerprint density at radius 3 is 1.95 bits per heavy atom. The molecule has 1 aliphatic carbocycles. The predicted molar refractivity (Wildman–Crippen MR) is 79.4 cm³/mol. The van der Waals surface area contributed by atoms with Crippen molar-refractivity contribution in [1.29, 1.82) is 0 Å². The van der Waals surface area contributed by atoms with Gasteiger partial charge in [0.1, 0.15) is 5.76 Å². The van der Waals surface area contributed by atoms with Gasteiger partial charge in [0.15, 0.2) is 0 Å². The zero-order valence-electron chi connectivity index (χ0n) is 10.3. The first-order chi connectivity index (χ1) is 9.61. The van der Waals surface area contributed by atoms with Crippen LogP contribution in [0.15, 0.2) is 53.0 Å². The molecule has 0 saturated carbocycles. The lowest BCUT2D eigenvalue weighted by Crippen LogP contribution is -2.23. The standard InChI is InChI=1S/C16H9BrO3/c17-12-8-4-3-7-11(12)13-14(18)9-5-1-2-6-10(9)15(19)16(13)20/h1-8,18H. The Hall–Kier alpha value is -2.20. The number of aliphatic hydroxyl groups is 1. The minimum atomic E-state index is -0.687. The van der Waals surface area contributed by atoms with Crippen LogP contribution in [0.1, 0.15) is 21.5 Å². The third-order valence-corrected chi connectivity index (χ3v) is 3.93. The van der Waals surface area contributed by atoms with Crippen molar-refractivity contribution >= 4 is 38.8 Å². The number of aliphatic hydroxyl groups excluding tert-OH is 1. The lowest BCUT2D eigenvalue weighted by molar-refractivity contribution is -0.110. The SMILES string of the molecule is O=C1C(=O)c2ccccc2C(O)=C1c1ccccc1Br. The second-order valence-corrected chi connectivity index (χ2v) is 5.26. The number of Topliss-reactive ketones (excluding diaryl/α,β-unsaturated/α-hetero) is 2. The molecule has 98 valence electrons. The Kier molecular flexibility index (Phi) is 3.03. The maximum Gasteiger partial charge on any atom is 0.237 e. The van der Waals surface area contributed by atoms with Crippen molar-refractivity contribution < 1.29 is 14.7 Å². The van der Waals surface area contributed by atoms with Gasteiger partial charge in [-0.1, -0.05) is 58.4 Å². The molecule has 0 spiro atoms. The molecule has 3 nitrogen and oxygen atoms in total. The van der Waals surface area contributed by atoms with E-state index in [0.29, 0.717) is 15.6 Å². The molecule has 3 rings (SSSR count). The van der Waals surface area contributed by atoms with Gasteiger partial charge >= 0.3 is 0 Å². The Morgan fingerprint density at radius 1 is 0.750 bits per heavy atom. The monoisotopic (exact) mass is 328 g/mol. The maximum absolute atomic E-state index is 12.3. The van der Waals surface area contributed by atoms with Crippen molar-refractivity contribution in [3.63, 3.8) is 0 Å². The predicted octanol–water partition coefficient (Wildman–Crippen LogP) is 3.64. The van der Waals surface area contributed by atoms with Crippen LogP contribution in [-0.2, 0) is 4.79 Å². The number of fused-ring (bicyclic) bond motifs is 1. The highest BCUT2D eigenvalue weighted by Gasteiger charge is 2.33. The first kappa shape index (κ1) is 12.8. The van der Waals surface area contributed by atoms with Crippen molar-refractivity contribution in [2.24, 2.45) is 0 Å². The number of hydrogen-bond acceptors (Lipinski definition) is 3. The molecule has 0 bridgehead atoms. The van der Waals surface area contributed by atoms with Gasteiger partial charge in [0.05, 0.1) is 5.57 Å². The number of allylic oxidation sites excluding steroid dienone is 1. The van der Waals surface area contributed by atoms with E-state index in [1.165, 1.54) is 0 Å². The molecule has 2 aromatic rings. The highest BCUT2D eigenvalue weighted by molar-refractivity contribution is 9.10. The quantitative estimate of drug-likeness (QED) is 0.813. The third-order valence-electron chi connectivity index (χ3n) is 3.24. The summed E-state index contributed by atoms with van der Waals surface area (Å²) >= 11 is 3.34. The lowest BCUT2D eigenvalue weighted by atomic mass is 9.85. The number of carbonyl (C=O) groups excluding carboxylic acids is 2. The molecule has 0 aromatic heterocycles. The van der Waals surface area contributed by atoms with E-state index in [4.69, 9.17) is 0 Å². The fraction of sp³-hybridized carbons (Fsp3) is 0. The smallest absolute Gasteiger partial charge is 0.237 e. The normalized spacial score (nSPS) is 14.4. The van der Waals surface area contributed by atoms with Crippen LogP contribution in [0.25, 0.3) is 11.3 Å². The summed E-state index contributed by atoms with van der Waals surface area (Å²) in [5.41, 5.74) is 1.19. The van der Waals surface area contributed by atoms with Crippen LogP contribution < -0.4 is 0 Å². The highest BCUT2D eigenvalue weighted by atomic mass is 79.9. The van der Waals surface area contributed by atoms with E-state index >= 15 is 0 Å². The summed E-state index contributed by atoms with van der Waals surface area (Å²) in [5, 5.41) is 10.4. The first-order valence-corrected chi connectivity index (χ1v) is 6.77. The zero-order chi connectivity index (χ0) is 14.3. The molecule has 0 heterocycles. The number of rotatable bonds is 1. The second-order valence-electron chi connectivity index (χ2n) is 4.41. The van der Waals surface area contributed by atoms with E-state index in [0.717, 1.165) is 0 Å². The van der Waals surface area contributed by atoms with E-state index in [-0.39, 0.29) is 16.9 Å². The van der Waals surface area contributed by atoms with Crippen LogP contribution in [-0.4, -0.2) is 16.7 Å². The fourth-order valence-corrected chi connectivity index (χ4v) is 2.76. The highest BCUT2D eigenvalue weighted by Crippen LogP contribution is 2.35. The third kappa shape index (κ3) is 1.80. The molecule has 0 amide bonds. The molecule has 0 saturated heterocycles. The van der Waals surface area contributed by atoms with E-state index in [1.807, 2.05) is 0 Å². The summed E-state index contributed by atoms with van der Waals surface area (Å²) in [7, 11) is 0. The Bertz CT molecular complexity index is 775. The van der Waals surface area contributed by atoms with Gasteiger partial charge in [0, 0.05) is 21.2 Å². The molecule has 0 radical (unpaired) electrons. The molecule has 1 N–H and O–H groups in total. The summed E-state index contributed by atoms with van der Waals surface area (Å²) in [6.07, 6.45) is 0. The van der Waals surface area contributed by atoms with Crippen molar-refractivity contribution in [3.05, 3.63) is 69.7 Å². The van der Waals surface area contributed by atoms with Crippen LogP contribution in [0, 0.1) is 0 Å². The van der Waals surface area contributed by atoms with E-state index < -0.39 is 11.6 Å². The molecule has 2 aromatic carbocycles. The van der Waals surface area contributed by atoms with Crippen molar-refractivity contribution in [1.82, 2.24) is 0 Å². The first-order valence-electron chi connectivity index (χ1n) is 5.98. The molecule has 0 unspecified atom stereocenters. The fourth-order valence-electron chi connectivity index (χ4n) is 2.28. The molecular weight excluding hydrogens is 320 g/mol. The number of halogens is 1. The number of benzene rings is 2. The molecule has 4 heteroatoms. The molecule has 0 fully saturated rings. The van der Waals surface area contributed by atoms with E-state index in [2.05, 4.69) is 15.9 Å². The topological polar surface area (TPSA) is 54.4 Å². The van der Waals surface area contributed by atoms with Gasteiger partial charge in [-0.15, -0.1) is 0 Å². The summed E-state index contributed by atoms with van der Waals surface area (Å²) in [6, 6.07) is 13.6. The summed E-state index contributed by atoms with van der Waals surface area (Å²) in [4.78, 5) is 24.4. The van der Waals surface area contributed by atoms with E-state index in [1.54, 1.807) is 48.5 Å². The maximum atomic E-state index is 12.3. The van der Waals surface area contributed by atoms with Crippen molar-refractivity contribution in [2.75, 3.05) is 0 Å². The van der Waals surface area contributed by atoms with Crippen LogP contribution in [0.2, 0.25) is 0 Å². The van der Waals surface area contributed by atoms with Crippen LogP contribution in [0.3, 0.4) is 0 Å². The Balaban J connectivity index is 2.33. The van der Waals surface area contributed by atoms with Crippen molar-refractivity contribution in [2.45, 2.75) is 0 Å². The van der Waals surface area contributed by atoms with E-state index in [9.17, 15) is 14.7 Å². The molecule has 0 atom stereocenters. The number of carbonyl (C=O) groups is 2. The van der Waals surface area contributed by atoms with Gasteiger partial charge in [0.2, 0.25) is 11.6 Å². The molecule has 0 aliphatic heterocycles. The molecule has 1 aliphatic rings. The summed E-state index contributed by atoms with van der Waals surface area (Å²) in [5.74, 6) is -1.44. The molecular formula is C16H9BrO3. The van der Waals surface area contributed by atoms with Crippen LogP contribution in [0.5, 0.6) is 0 Å². The number of ketones is 2. The lowest BCUT2D eigenvalue weighted by Gasteiger charge is -2.18. The van der Waals surface area contributed by atoms with Gasteiger partial charge in [0.25, 0.3) is 0 Å². The van der Waals surface area contributed by atoms with Gasteiger partial charge in [-0.3, -0.25) is 9.59 Å². The molecule has 20 heavy (non-hydrogen) atoms. The average molecular weight is 329 g/mol. The van der Waals surface area contributed by atoms with Crippen LogP contribution >= 0.6 is 15.9 Å². The second kappa shape index (κ2) is 4.72. The Labute approximate surface area is 123 Å². The van der Waals surface area contributed by atoms with Gasteiger partial charge < -0.3 is 5.11 Å². The Morgan fingerprint density at radius 2 is 1.30 bits per heavy atom. The minimum Gasteiger partial charge on any atom is -0.506 e. The number of hydrogen-bond donors (Lipinski definition) is 1. The zero-order valence-corrected chi connectivity index (χ0v) is 11.8. The average Bonchev–Trinajstić information content (AvgIpc) is 2.47. The summed E-state index contributed by atoms with van der Waals surface area (Å²) < 4.78 is 0.655. The summed E-state index contributed by atoms with van der Waals surface area (Å²) in [6.45, 7) is 0. The van der Waals surface area contributed by atoms with Crippen molar-refractivity contribution in [3.8, 4) is 0 Å². The van der Waals surface area contributed by atoms with Gasteiger partial charge in [-0.2, -0.15) is 0 Å². The minimum absolute atomic E-state index is 0.0428. The van der Waals surface area contributed by atoms with Gasteiger partial charge in [-0.05, 0) is 6.07 Å². The largest absolute Gasteiger partial charge is 0.506 e.